The van der Waals surface area contributed by atoms with Gasteiger partial charge >= 0.3 is 12.0 Å². The summed E-state index contributed by atoms with van der Waals surface area (Å²) in [4.78, 5) is 26.8. The fraction of sp³-hybridized carbons (Fsp3) is 0.857. The van der Waals surface area contributed by atoms with Crippen LogP contribution in [-0.2, 0) is 4.79 Å². The van der Waals surface area contributed by atoms with Crippen LogP contribution in [0.5, 0.6) is 0 Å². The molecule has 2 N–H and O–H groups in total. The minimum atomic E-state index is -0.776. The highest BCUT2D eigenvalue weighted by Crippen LogP contribution is 2.19. The lowest BCUT2D eigenvalue weighted by atomic mass is 10.1. The van der Waals surface area contributed by atoms with Crippen molar-refractivity contribution in [3.05, 3.63) is 0 Å². The Hall–Kier alpha value is -1.30. The molecule has 0 radical (unpaired) electrons. The zero-order valence-electron chi connectivity index (χ0n) is 12.0. The minimum absolute atomic E-state index is 0.0464. The highest BCUT2D eigenvalue weighted by molar-refractivity contribution is 5.74. The van der Waals surface area contributed by atoms with Crippen molar-refractivity contribution in [1.29, 1.82) is 0 Å². The Labute approximate surface area is 120 Å². The molecule has 1 unspecified atom stereocenters. The Morgan fingerprint density at radius 2 is 1.90 bits per heavy atom. The van der Waals surface area contributed by atoms with Crippen LogP contribution in [0.2, 0.25) is 0 Å². The van der Waals surface area contributed by atoms with Gasteiger partial charge in [-0.1, -0.05) is 6.42 Å². The third-order valence-electron chi connectivity index (χ3n) is 4.19. The van der Waals surface area contributed by atoms with E-state index in [1.165, 1.54) is 19.3 Å². The van der Waals surface area contributed by atoms with Crippen molar-refractivity contribution in [3.63, 3.8) is 0 Å². The van der Waals surface area contributed by atoms with E-state index in [1.54, 1.807) is 4.90 Å². The van der Waals surface area contributed by atoms with Gasteiger partial charge in [0.25, 0.3) is 0 Å². The lowest BCUT2D eigenvalue weighted by Crippen LogP contribution is -2.43. The third-order valence-corrected chi connectivity index (χ3v) is 4.19. The van der Waals surface area contributed by atoms with Crippen LogP contribution in [-0.4, -0.2) is 66.2 Å². The molecule has 0 bridgehead atoms. The Balaban J connectivity index is 1.61. The van der Waals surface area contributed by atoms with Crippen molar-refractivity contribution in [1.82, 2.24) is 15.1 Å². The van der Waals surface area contributed by atoms with Gasteiger partial charge in [0.15, 0.2) is 0 Å². The van der Waals surface area contributed by atoms with Crippen LogP contribution >= 0.6 is 0 Å². The number of carbonyl (C=O) groups is 2. The number of amides is 2. The molecule has 6 nitrogen and oxygen atoms in total. The van der Waals surface area contributed by atoms with Gasteiger partial charge in [-0.15, -0.1) is 0 Å². The van der Waals surface area contributed by atoms with Gasteiger partial charge in [0.05, 0.1) is 0 Å². The lowest BCUT2D eigenvalue weighted by molar-refractivity contribution is -0.138. The summed E-state index contributed by atoms with van der Waals surface area (Å²) in [5, 5.41) is 11.7. The smallest absolute Gasteiger partial charge is 0.317 e. The zero-order chi connectivity index (χ0) is 14.4. The number of piperidine rings is 1. The van der Waals surface area contributed by atoms with Gasteiger partial charge in [-0.3, -0.25) is 4.79 Å². The molecular formula is C14H25N3O3. The Morgan fingerprint density at radius 3 is 2.60 bits per heavy atom. The monoisotopic (exact) mass is 283 g/mol. The summed E-state index contributed by atoms with van der Waals surface area (Å²) in [7, 11) is 0. The van der Waals surface area contributed by atoms with E-state index in [4.69, 9.17) is 5.11 Å². The van der Waals surface area contributed by atoms with Gasteiger partial charge in [-0.2, -0.15) is 0 Å². The first-order chi connectivity index (χ1) is 9.65. The van der Waals surface area contributed by atoms with Crippen LogP contribution in [0.1, 0.15) is 32.1 Å². The summed E-state index contributed by atoms with van der Waals surface area (Å²) >= 11 is 0. The number of carboxylic acid groups (broad SMARTS) is 1. The van der Waals surface area contributed by atoms with Crippen molar-refractivity contribution in [2.24, 2.45) is 5.92 Å². The van der Waals surface area contributed by atoms with Crippen LogP contribution < -0.4 is 5.32 Å². The molecule has 0 aromatic carbocycles. The second kappa shape index (κ2) is 7.47. The molecule has 0 spiro atoms. The second-order valence-electron chi connectivity index (χ2n) is 5.83. The van der Waals surface area contributed by atoms with E-state index in [-0.39, 0.29) is 18.4 Å². The highest BCUT2D eigenvalue weighted by atomic mass is 16.4. The molecule has 0 aromatic rings. The number of nitrogens with one attached hydrogen (secondary N) is 1. The van der Waals surface area contributed by atoms with Gasteiger partial charge in [-0.05, 0) is 38.3 Å². The number of hydrogen-bond acceptors (Lipinski definition) is 3. The summed E-state index contributed by atoms with van der Waals surface area (Å²) in [6.07, 6.45) is 4.80. The lowest BCUT2D eigenvalue weighted by Gasteiger charge is -2.26. The van der Waals surface area contributed by atoms with E-state index in [2.05, 4.69) is 10.2 Å². The van der Waals surface area contributed by atoms with Gasteiger partial charge in [0.1, 0.15) is 0 Å². The standard InChI is InChI=1S/C14H25N3O3/c18-13(19)10-12-4-8-17(11-12)14(20)15-5-9-16-6-2-1-3-7-16/h12H,1-11H2,(H,15,20)(H,18,19). The molecule has 0 aromatic heterocycles. The van der Waals surface area contributed by atoms with Crippen molar-refractivity contribution in [2.45, 2.75) is 32.1 Å². The summed E-state index contributed by atoms with van der Waals surface area (Å²) in [6.45, 7) is 5.12. The molecule has 2 amide bonds. The maximum absolute atomic E-state index is 12.0. The van der Waals surface area contributed by atoms with Crippen molar-refractivity contribution < 1.29 is 14.7 Å². The van der Waals surface area contributed by atoms with Gasteiger partial charge in [0.2, 0.25) is 0 Å². The molecule has 20 heavy (non-hydrogen) atoms. The van der Waals surface area contributed by atoms with E-state index < -0.39 is 5.97 Å². The number of hydrogen-bond donors (Lipinski definition) is 2. The van der Waals surface area contributed by atoms with Crippen molar-refractivity contribution in [3.8, 4) is 0 Å². The molecular weight excluding hydrogens is 258 g/mol. The molecule has 2 fully saturated rings. The molecule has 2 aliphatic rings. The number of aliphatic carboxylic acids is 1. The molecule has 0 saturated carbocycles. The molecule has 6 heteroatoms. The molecule has 0 aliphatic carbocycles. The maximum atomic E-state index is 12.0. The number of urea groups is 1. The van der Waals surface area contributed by atoms with E-state index >= 15 is 0 Å². The molecule has 114 valence electrons. The molecule has 2 heterocycles. The average molecular weight is 283 g/mol. The van der Waals surface area contributed by atoms with Crippen LogP contribution in [0.15, 0.2) is 0 Å². The van der Waals surface area contributed by atoms with Crippen LogP contribution in [0.3, 0.4) is 0 Å². The van der Waals surface area contributed by atoms with E-state index in [9.17, 15) is 9.59 Å². The summed E-state index contributed by atoms with van der Waals surface area (Å²) in [6, 6.07) is -0.0464. The SMILES string of the molecule is O=C(O)CC1CCN(C(=O)NCCN2CCCCC2)C1. The van der Waals surface area contributed by atoms with E-state index in [1.807, 2.05) is 0 Å². The summed E-state index contributed by atoms with van der Waals surface area (Å²) in [5.74, 6) is -0.664. The summed E-state index contributed by atoms with van der Waals surface area (Å²) < 4.78 is 0. The predicted molar refractivity (Wildman–Crippen MR) is 75.6 cm³/mol. The quantitative estimate of drug-likeness (QED) is 0.789. The number of carboxylic acids is 1. The van der Waals surface area contributed by atoms with Crippen LogP contribution in [0, 0.1) is 5.92 Å². The Bertz CT molecular complexity index is 343. The summed E-state index contributed by atoms with van der Waals surface area (Å²) in [5.41, 5.74) is 0. The van der Waals surface area contributed by atoms with Crippen molar-refractivity contribution in [2.75, 3.05) is 39.3 Å². The van der Waals surface area contributed by atoms with Crippen LogP contribution in [0.25, 0.3) is 0 Å². The van der Waals surface area contributed by atoms with Gasteiger partial charge in [-0.25, -0.2) is 4.79 Å². The van der Waals surface area contributed by atoms with E-state index in [0.717, 1.165) is 26.1 Å². The fourth-order valence-corrected chi connectivity index (χ4v) is 3.05. The van der Waals surface area contributed by atoms with Crippen molar-refractivity contribution >= 4 is 12.0 Å². The predicted octanol–water partition coefficient (Wildman–Crippen LogP) is 0.978. The highest BCUT2D eigenvalue weighted by Gasteiger charge is 2.27. The normalized spacial score (nSPS) is 23.8. The largest absolute Gasteiger partial charge is 0.481 e. The van der Waals surface area contributed by atoms with Crippen LogP contribution in [0.4, 0.5) is 4.79 Å². The number of likely N-dealkylation sites (tertiary alicyclic amines) is 2. The number of carbonyl (C=O) groups excluding carboxylic acids is 1. The minimum Gasteiger partial charge on any atom is -0.481 e. The molecule has 2 aliphatic heterocycles. The van der Waals surface area contributed by atoms with Gasteiger partial charge < -0.3 is 20.2 Å². The Morgan fingerprint density at radius 1 is 1.15 bits per heavy atom. The number of rotatable bonds is 5. The maximum Gasteiger partial charge on any atom is 0.317 e. The van der Waals surface area contributed by atoms with Gasteiger partial charge in [0, 0.05) is 32.6 Å². The molecule has 1 atom stereocenters. The second-order valence-corrected chi connectivity index (χ2v) is 5.83. The molecule has 2 rings (SSSR count). The Kier molecular flexibility index (Phi) is 5.64. The average Bonchev–Trinajstić information content (AvgIpc) is 2.87. The molecule has 2 saturated heterocycles. The fourth-order valence-electron chi connectivity index (χ4n) is 3.05. The topological polar surface area (TPSA) is 72.9 Å². The number of nitrogens with zero attached hydrogens (tertiary/aromatic N) is 2. The zero-order valence-corrected chi connectivity index (χ0v) is 12.0. The first kappa shape index (κ1) is 15.1. The first-order valence-corrected chi connectivity index (χ1v) is 7.62. The first-order valence-electron chi connectivity index (χ1n) is 7.62. The van der Waals surface area contributed by atoms with E-state index in [0.29, 0.717) is 19.6 Å². The third kappa shape index (κ3) is 4.67.